The standard InChI is InChI=1S/C17H17ClOS/c1-11-7-14(18)8-12(2)17(11)19-10-15-9-13-5-3-4-6-16(13)20-15/h3-8,15H,9-10H2,1-2H3. The lowest BCUT2D eigenvalue weighted by Gasteiger charge is -2.15. The Morgan fingerprint density at radius 2 is 1.90 bits per heavy atom. The molecule has 2 aromatic rings. The highest BCUT2D eigenvalue weighted by atomic mass is 35.5. The molecule has 1 aliphatic rings. The Morgan fingerprint density at radius 3 is 2.60 bits per heavy atom. The summed E-state index contributed by atoms with van der Waals surface area (Å²) < 4.78 is 6.06. The fourth-order valence-electron chi connectivity index (χ4n) is 2.65. The van der Waals surface area contributed by atoms with Gasteiger partial charge < -0.3 is 4.74 Å². The molecule has 0 N–H and O–H groups in total. The molecular weight excluding hydrogens is 288 g/mol. The van der Waals surface area contributed by atoms with Gasteiger partial charge in [-0.15, -0.1) is 11.8 Å². The fourth-order valence-corrected chi connectivity index (χ4v) is 4.19. The van der Waals surface area contributed by atoms with Crippen molar-refractivity contribution >= 4 is 23.4 Å². The van der Waals surface area contributed by atoms with Gasteiger partial charge in [0.1, 0.15) is 12.4 Å². The zero-order valence-corrected chi connectivity index (χ0v) is 13.2. The van der Waals surface area contributed by atoms with E-state index in [4.69, 9.17) is 16.3 Å². The first kappa shape index (κ1) is 13.8. The maximum Gasteiger partial charge on any atom is 0.125 e. The minimum atomic E-state index is 0.502. The molecule has 1 heterocycles. The lowest BCUT2D eigenvalue weighted by molar-refractivity contribution is 0.313. The van der Waals surface area contributed by atoms with Crippen LogP contribution >= 0.6 is 23.4 Å². The van der Waals surface area contributed by atoms with Crippen molar-refractivity contribution in [3.05, 3.63) is 58.1 Å². The summed E-state index contributed by atoms with van der Waals surface area (Å²) in [6, 6.07) is 12.5. The quantitative estimate of drug-likeness (QED) is 0.784. The number of benzene rings is 2. The molecule has 104 valence electrons. The van der Waals surface area contributed by atoms with Gasteiger partial charge in [-0.3, -0.25) is 0 Å². The second-order valence-electron chi connectivity index (χ2n) is 5.23. The van der Waals surface area contributed by atoms with Gasteiger partial charge in [0, 0.05) is 15.2 Å². The average molecular weight is 305 g/mol. The van der Waals surface area contributed by atoms with E-state index >= 15 is 0 Å². The van der Waals surface area contributed by atoms with Gasteiger partial charge in [-0.25, -0.2) is 0 Å². The van der Waals surface area contributed by atoms with Crippen LogP contribution in [0.2, 0.25) is 5.02 Å². The van der Waals surface area contributed by atoms with Crippen molar-refractivity contribution < 1.29 is 4.74 Å². The van der Waals surface area contributed by atoms with Gasteiger partial charge in [-0.1, -0.05) is 29.8 Å². The highest BCUT2D eigenvalue weighted by molar-refractivity contribution is 8.00. The molecule has 0 amide bonds. The van der Waals surface area contributed by atoms with Crippen molar-refractivity contribution in [3.8, 4) is 5.75 Å². The van der Waals surface area contributed by atoms with Crippen LogP contribution in [0.25, 0.3) is 0 Å². The van der Waals surface area contributed by atoms with Crippen LogP contribution in [0.1, 0.15) is 16.7 Å². The largest absolute Gasteiger partial charge is 0.492 e. The molecule has 1 atom stereocenters. The summed E-state index contributed by atoms with van der Waals surface area (Å²) in [7, 11) is 0. The van der Waals surface area contributed by atoms with E-state index in [0.717, 1.165) is 34.9 Å². The third kappa shape index (κ3) is 2.82. The van der Waals surface area contributed by atoms with E-state index in [-0.39, 0.29) is 0 Å². The van der Waals surface area contributed by atoms with Crippen LogP contribution in [0, 0.1) is 13.8 Å². The van der Waals surface area contributed by atoms with E-state index in [1.165, 1.54) is 10.5 Å². The summed E-state index contributed by atoms with van der Waals surface area (Å²) in [6.45, 7) is 4.83. The minimum Gasteiger partial charge on any atom is -0.492 e. The summed E-state index contributed by atoms with van der Waals surface area (Å²) in [5.74, 6) is 0.978. The molecule has 0 saturated carbocycles. The molecular formula is C17H17ClOS. The van der Waals surface area contributed by atoms with Gasteiger partial charge in [-0.05, 0) is 55.2 Å². The van der Waals surface area contributed by atoms with Crippen molar-refractivity contribution in [2.24, 2.45) is 0 Å². The normalized spacial score (nSPS) is 17.1. The first-order valence-electron chi connectivity index (χ1n) is 6.77. The lowest BCUT2D eigenvalue weighted by atomic mass is 10.1. The Morgan fingerprint density at radius 1 is 1.20 bits per heavy atom. The molecule has 20 heavy (non-hydrogen) atoms. The van der Waals surface area contributed by atoms with Gasteiger partial charge in [0.25, 0.3) is 0 Å². The first-order valence-corrected chi connectivity index (χ1v) is 8.03. The number of ether oxygens (including phenoxy) is 1. The minimum absolute atomic E-state index is 0.502. The lowest BCUT2D eigenvalue weighted by Crippen LogP contribution is -2.14. The Balaban J connectivity index is 1.67. The summed E-state index contributed by atoms with van der Waals surface area (Å²) in [4.78, 5) is 1.39. The molecule has 1 aliphatic heterocycles. The van der Waals surface area contributed by atoms with E-state index in [9.17, 15) is 0 Å². The Hall–Kier alpha value is -1.12. The number of hydrogen-bond acceptors (Lipinski definition) is 2. The van der Waals surface area contributed by atoms with Crippen molar-refractivity contribution in [2.75, 3.05) is 6.61 Å². The molecule has 0 spiro atoms. The van der Waals surface area contributed by atoms with E-state index in [1.54, 1.807) is 0 Å². The van der Waals surface area contributed by atoms with Crippen LogP contribution < -0.4 is 4.74 Å². The molecule has 1 unspecified atom stereocenters. The highest BCUT2D eigenvalue weighted by Gasteiger charge is 2.22. The van der Waals surface area contributed by atoms with Crippen LogP contribution in [-0.4, -0.2) is 11.9 Å². The number of hydrogen-bond donors (Lipinski definition) is 0. The molecule has 1 nitrogen and oxygen atoms in total. The van der Waals surface area contributed by atoms with Crippen molar-refractivity contribution in [3.63, 3.8) is 0 Å². The molecule has 0 aromatic heterocycles. The van der Waals surface area contributed by atoms with E-state index in [0.29, 0.717) is 5.25 Å². The molecule has 3 rings (SSSR count). The average Bonchev–Trinajstić information content (AvgIpc) is 2.80. The van der Waals surface area contributed by atoms with E-state index < -0.39 is 0 Å². The molecule has 0 fully saturated rings. The van der Waals surface area contributed by atoms with Gasteiger partial charge in [0.15, 0.2) is 0 Å². The maximum atomic E-state index is 6.06. The van der Waals surface area contributed by atoms with Gasteiger partial charge >= 0.3 is 0 Å². The summed E-state index contributed by atoms with van der Waals surface area (Å²) >= 11 is 7.97. The van der Waals surface area contributed by atoms with Crippen molar-refractivity contribution in [1.29, 1.82) is 0 Å². The number of rotatable bonds is 3. The van der Waals surface area contributed by atoms with Crippen LogP contribution in [0.4, 0.5) is 0 Å². The molecule has 2 aromatic carbocycles. The second-order valence-corrected chi connectivity index (χ2v) is 7.01. The van der Waals surface area contributed by atoms with E-state index in [1.807, 2.05) is 37.7 Å². The summed E-state index contributed by atoms with van der Waals surface area (Å²) in [6.07, 6.45) is 1.09. The smallest absolute Gasteiger partial charge is 0.125 e. The first-order chi connectivity index (χ1) is 9.63. The number of thioether (sulfide) groups is 1. The third-order valence-corrected chi connectivity index (χ3v) is 5.06. The summed E-state index contributed by atoms with van der Waals surface area (Å²) in [5, 5.41) is 1.27. The zero-order chi connectivity index (χ0) is 14.1. The Bertz CT molecular complexity index is 591. The Labute approximate surface area is 129 Å². The molecule has 0 aliphatic carbocycles. The number of aryl methyl sites for hydroxylation is 2. The van der Waals surface area contributed by atoms with E-state index in [2.05, 4.69) is 24.3 Å². The summed E-state index contributed by atoms with van der Waals surface area (Å²) in [5.41, 5.74) is 3.65. The van der Waals surface area contributed by atoms with Crippen LogP contribution in [0.15, 0.2) is 41.3 Å². The molecule has 0 bridgehead atoms. The number of fused-ring (bicyclic) bond motifs is 1. The molecule has 0 saturated heterocycles. The van der Waals surface area contributed by atoms with Crippen molar-refractivity contribution in [1.82, 2.24) is 0 Å². The molecule has 3 heteroatoms. The second kappa shape index (κ2) is 5.71. The van der Waals surface area contributed by atoms with Crippen LogP contribution in [0.5, 0.6) is 5.75 Å². The Kier molecular flexibility index (Phi) is 3.95. The van der Waals surface area contributed by atoms with Crippen molar-refractivity contribution in [2.45, 2.75) is 30.4 Å². The highest BCUT2D eigenvalue weighted by Crippen LogP contribution is 2.37. The predicted molar refractivity (Wildman–Crippen MR) is 86.2 cm³/mol. The molecule has 0 radical (unpaired) electrons. The SMILES string of the molecule is Cc1cc(Cl)cc(C)c1OCC1Cc2ccccc2S1. The van der Waals surface area contributed by atoms with Crippen LogP contribution in [0.3, 0.4) is 0 Å². The number of halogens is 1. The zero-order valence-electron chi connectivity index (χ0n) is 11.7. The topological polar surface area (TPSA) is 9.23 Å². The monoisotopic (exact) mass is 304 g/mol. The van der Waals surface area contributed by atoms with Gasteiger partial charge in [-0.2, -0.15) is 0 Å². The predicted octanol–water partition coefficient (Wildman–Crippen LogP) is 5.05. The fraction of sp³-hybridized carbons (Fsp3) is 0.294. The van der Waals surface area contributed by atoms with Crippen LogP contribution in [-0.2, 0) is 6.42 Å². The van der Waals surface area contributed by atoms with Gasteiger partial charge in [0.05, 0.1) is 0 Å². The van der Waals surface area contributed by atoms with Gasteiger partial charge in [0.2, 0.25) is 0 Å². The third-order valence-electron chi connectivity index (χ3n) is 3.55. The maximum absolute atomic E-state index is 6.06.